The number of carbonyl (C=O) groups excluding carboxylic acids is 1. The van der Waals surface area contributed by atoms with E-state index >= 15 is 0 Å². The van der Waals surface area contributed by atoms with E-state index < -0.39 is 0 Å². The van der Waals surface area contributed by atoms with Crippen molar-refractivity contribution < 1.29 is 4.79 Å². The van der Waals surface area contributed by atoms with Gasteiger partial charge in [-0.1, -0.05) is 18.7 Å². The van der Waals surface area contributed by atoms with Crippen LogP contribution in [-0.4, -0.2) is 26.2 Å². The standard InChI is InChI=1S/C18H25N3O2S2/c1-6-18(3,4)20-14(22)10(2)24-17-19-15-13(16(23)21(17)5)11-8-7-9-12(11)25-15/h10H,6-9H2,1-5H3,(H,20,22). The van der Waals surface area contributed by atoms with Crippen LogP contribution in [-0.2, 0) is 24.7 Å². The minimum Gasteiger partial charge on any atom is -0.350 e. The Morgan fingerprint density at radius 2 is 2.16 bits per heavy atom. The summed E-state index contributed by atoms with van der Waals surface area (Å²) in [4.78, 5) is 32.1. The number of fused-ring (bicyclic) bond motifs is 3. The Hall–Kier alpha value is -1.34. The monoisotopic (exact) mass is 379 g/mol. The molecule has 1 N–H and O–H groups in total. The number of carbonyl (C=O) groups is 1. The Labute approximate surface area is 156 Å². The fraction of sp³-hybridized carbons (Fsp3) is 0.611. The first-order chi connectivity index (χ1) is 11.7. The quantitative estimate of drug-likeness (QED) is 0.640. The van der Waals surface area contributed by atoms with E-state index in [1.165, 1.54) is 22.2 Å². The number of nitrogens with one attached hydrogen (secondary N) is 1. The molecule has 0 aliphatic heterocycles. The maximum atomic E-state index is 12.8. The molecule has 3 rings (SSSR count). The van der Waals surface area contributed by atoms with Gasteiger partial charge in [-0.3, -0.25) is 14.2 Å². The third kappa shape index (κ3) is 3.49. The largest absolute Gasteiger partial charge is 0.350 e. The summed E-state index contributed by atoms with van der Waals surface area (Å²) in [6, 6.07) is 0. The average molecular weight is 380 g/mol. The lowest BCUT2D eigenvalue weighted by Crippen LogP contribution is -2.46. The predicted octanol–water partition coefficient (Wildman–Crippen LogP) is 3.27. The molecule has 1 aliphatic carbocycles. The molecule has 2 aromatic heterocycles. The molecular formula is C18H25N3O2S2. The van der Waals surface area contributed by atoms with Gasteiger partial charge in [0, 0.05) is 17.5 Å². The number of hydrogen-bond acceptors (Lipinski definition) is 5. The number of aryl methyl sites for hydroxylation is 2. The molecule has 1 unspecified atom stereocenters. The van der Waals surface area contributed by atoms with Crippen LogP contribution in [0.1, 0.15) is 51.0 Å². The highest BCUT2D eigenvalue weighted by Crippen LogP contribution is 2.35. The lowest BCUT2D eigenvalue weighted by Gasteiger charge is -2.26. The lowest BCUT2D eigenvalue weighted by molar-refractivity contribution is -0.121. The molecule has 25 heavy (non-hydrogen) atoms. The van der Waals surface area contributed by atoms with Crippen molar-refractivity contribution in [3.8, 4) is 0 Å². The topological polar surface area (TPSA) is 64.0 Å². The molecule has 0 saturated heterocycles. The summed E-state index contributed by atoms with van der Waals surface area (Å²) in [6.45, 7) is 7.93. The molecule has 0 bridgehead atoms. The van der Waals surface area contributed by atoms with Gasteiger partial charge in [0.1, 0.15) is 4.83 Å². The Morgan fingerprint density at radius 3 is 2.84 bits per heavy atom. The van der Waals surface area contributed by atoms with E-state index in [1.54, 1.807) is 23.0 Å². The van der Waals surface area contributed by atoms with Crippen LogP contribution >= 0.6 is 23.1 Å². The van der Waals surface area contributed by atoms with Crippen molar-refractivity contribution in [2.45, 2.75) is 69.3 Å². The van der Waals surface area contributed by atoms with Gasteiger partial charge in [0.2, 0.25) is 5.91 Å². The summed E-state index contributed by atoms with van der Waals surface area (Å²) in [5.74, 6) is -0.0279. The summed E-state index contributed by atoms with van der Waals surface area (Å²) in [6.07, 6.45) is 4.01. The summed E-state index contributed by atoms with van der Waals surface area (Å²) in [5, 5.41) is 4.14. The zero-order valence-electron chi connectivity index (χ0n) is 15.4. The number of thiophene rings is 1. The molecule has 0 saturated carbocycles. The van der Waals surface area contributed by atoms with Crippen LogP contribution < -0.4 is 10.9 Å². The Bertz CT molecular complexity index is 883. The molecular weight excluding hydrogens is 354 g/mol. The summed E-state index contributed by atoms with van der Waals surface area (Å²) >= 11 is 2.98. The molecule has 1 atom stereocenters. The normalized spacial score (nSPS) is 15.4. The number of hydrogen-bond donors (Lipinski definition) is 1. The van der Waals surface area contributed by atoms with Crippen LogP contribution in [0.15, 0.2) is 9.95 Å². The third-order valence-corrected chi connectivity index (χ3v) is 7.23. The van der Waals surface area contributed by atoms with E-state index in [9.17, 15) is 9.59 Å². The first-order valence-corrected chi connectivity index (χ1v) is 10.4. The van der Waals surface area contributed by atoms with Crippen molar-refractivity contribution in [3.63, 3.8) is 0 Å². The van der Waals surface area contributed by atoms with Gasteiger partial charge >= 0.3 is 0 Å². The molecule has 5 nitrogen and oxygen atoms in total. The van der Waals surface area contributed by atoms with Crippen LogP contribution in [0.3, 0.4) is 0 Å². The Kier molecular flexibility index (Phi) is 4.99. The van der Waals surface area contributed by atoms with Crippen molar-refractivity contribution in [2.24, 2.45) is 7.05 Å². The van der Waals surface area contributed by atoms with Crippen molar-refractivity contribution in [1.82, 2.24) is 14.9 Å². The Morgan fingerprint density at radius 1 is 1.44 bits per heavy atom. The second-order valence-corrected chi connectivity index (χ2v) is 9.67. The zero-order chi connectivity index (χ0) is 18.4. The summed E-state index contributed by atoms with van der Waals surface area (Å²) in [5.41, 5.74) is 0.970. The molecule has 7 heteroatoms. The van der Waals surface area contributed by atoms with Crippen molar-refractivity contribution in [1.29, 1.82) is 0 Å². The molecule has 136 valence electrons. The van der Waals surface area contributed by atoms with Crippen molar-refractivity contribution >= 4 is 39.2 Å². The number of amides is 1. The van der Waals surface area contributed by atoms with Crippen molar-refractivity contribution in [3.05, 3.63) is 20.8 Å². The van der Waals surface area contributed by atoms with Crippen LogP contribution in [0.25, 0.3) is 10.2 Å². The van der Waals surface area contributed by atoms with Gasteiger partial charge in [0.15, 0.2) is 5.16 Å². The summed E-state index contributed by atoms with van der Waals surface area (Å²) < 4.78 is 1.59. The van der Waals surface area contributed by atoms with Crippen LogP contribution in [0, 0.1) is 0 Å². The van der Waals surface area contributed by atoms with Crippen LogP contribution in [0.5, 0.6) is 0 Å². The van der Waals surface area contributed by atoms with E-state index in [2.05, 4.69) is 5.32 Å². The second kappa shape index (κ2) is 6.76. The first kappa shape index (κ1) is 18.5. The predicted molar refractivity (Wildman–Crippen MR) is 105 cm³/mol. The van der Waals surface area contributed by atoms with Gasteiger partial charge < -0.3 is 5.32 Å². The van der Waals surface area contributed by atoms with Gasteiger partial charge in [-0.2, -0.15) is 0 Å². The first-order valence-electron chi connectivity index (χ1n) is 8.73. The molecule has 1 amide bonds. The molecule has 2 heterocycles. The minimum absolute atomic E-state index is 0.00777. The molecule has 0 spiro atoms. The van der Waals surface area contributed by atoms with Crippen LogP contribution in [0.2, 0.25) is 0 Å². The highest BCUT2D eigenvalue weighted by atomic mass is 32.2. The maximum absolute atomic E-state index is 12.8. The van der Waals surface area contributed by atoms with Gasteiger partial charge in [-0.05, 0) is 52.0 Å². The second-order valence-electron chi connectivity index (χ2n) is 7.28. The zero-order valence-corrected chi connectivity index (χ0v) is 17.1. The van der Waals surface area contributed by atoms with Gasteiger partial charge in [0.05, 0.1) is 10.6 Å². The van der Waals surface area contributed by atoms with Gasteiger partial charge in [0.25, 0.3) is 5.56 Å². The van der Waals surface area contributed by atoms with Gasteiger partial charge in [-0.15, -0.1) is 11.3 Å². The number of rotatable bonds is 5. The van der Waals surface area contributed by atoms with E-state index in [1.807, 2.05) is 27.7 Å². The highest BCUT2D eigenvalue weighted by molar-refractivity contribution is 8.00. The molecule has 0 aromatic carbocycles. The van der Waals surface area contributed by atoms with Gasteiger partial charge in [-0.25, -0.2) is 4.98 Å². The fourth-order valence-electron chi connectivity index (χ4n) is 2.95. The summed E-state index contributed by atoms with van der Waals surface area (Å²) in [7, 11) is 1.75. The lowest BCUT2D eigenvalue weighted by atomic mass is 10.0. The number of aromatic nitrogens is 2. The maximum Gasteiger partial charge on any atom is 0.262 e. The van der Waals surface area contributed by atoms with E-state index in [4.69, 9.17) is 4.98 Å². The van der Waals surface area contributed by atoms with E-state index in [-0.39, 0.29) is 22.3 Å². The van der Waals surface area contributed by atoms with Crippen LogP contribution in [0.4, 0.5) is 0 Å². The molecule has 0 fully saturated rings. The molecule has 1 aliphatic rings. The minimum atomic E-state index is -0.312. The Balaban J connectivity index is 1.88. The number of thioether (sulfide) groups is 1. The molecule has 2 aromatic rings. The molecule has 0 radical (unpaired) electrons. The smallest absolute Gasteiger partial charge is 0.262 e. The van der Waals surface area contributed by atoms with E-state index in [0.29, 0.717) is 5.16 Å². The highest BCUT2D eigenvalue weighted by Gasteiger charge is 2.26. The van der Waals surface area contributed by atoms with E-state index in [0.717, 1.165) is 35.9 Å². The third-order valence-electron chi connectivity index (χ3n) is 4.90. The SMILES string of the molecule is CCC(C)(C)NC(=O)C(C)Sc1nc2sc3c(c2c(=O)n1C)CCC3. The fourth-order valence-corrected chi connectivity index (χ4v) is 5.12. The number of nitrogens with zero attached hydrogens (tertiary/aromatic N) is 2. The average Bonchev–Trinajstić information content (AvgIpc) is 3.12. The van der Waals surface area contributed by atoms with Crippen molar-refractivity contribution in [2.75, 3.05) is 0 Å².